The number of fused-ring (bicyclic) bond motifs is 4. The Labute approximate surface area is 297 Å². The van der Waals surface area contributed by atoms with E-state index in [1.807, 2.05) is 0 Å². The van der Waals surface area contributed by atoms with E-state index in [2.05, 4.69) is 4.98 Å². The molecule has 7 aromatic carbocycles. The van der Waals surface area contributed by atoms with Gasteiger partial charge in [0, 0.05) is 27.5 Å². The van der Waals surface area contributed by atoms with Crippen LogP contribution in [0.3, 0.4) is 0 Å². The molecule has 0 aliphatic heterocycles. The summed E-state index contributed by atoms with van der Waals surface area (Å²) < 4.78 is 162. The van der Waals surface area contributed by atoms with E-state index in [4.69, 9.17) is 36.3 Å². The quantitative estimate of drug-likeness (QED) is 0.192. The summed E-state index contributed by atoms with van der Waals surface area (Å²) in [4.78, 5) is 14.1. The van der Waals surface area contributed by atoms with E-state index >= 15 is 0 Å². The third-order valence-corrected chi connectivity index (χ3v) is 7.44. The maximum atomic E-state index is 9.27. The Morgan fingerprint density at radius 2 is 1.15 bits per heavy atom. The third kappa shape index (κ3) is 4.84. The lowest BCUT2D eigenvalue weighted by molar-refractivity contribution is 0.669. The van der Waals surface area contributed by atoms with Crippen LogP contribution in [0.4, 0.5) is 0 Å². The van der Waals surface area contributed by atoms with Crippen LogP contribution in [0.5, 0.6) is 0 Å². The molecule has 0 saturated carbocycles. The zero-order valence-electron chi connectivity index (χ0n) is 41.9. The fourth-order valence-corrected chi connectivity index (χ4v) is 5.30. The average Bonchev–Trinajstić information content (AvgIpc) is 3.71. The lowest BCUT2D eigenvalue weighted by Crippen LogP contribution is -2.00. The van der Waals surface area contributed by atoms with Crippen molar-refractivity contribution in [3.05, 3.63) is 163 Å². The molecule has 0 radical (unpaired) electrons. The van der Waals surface area contributed by atoms with Crippen LogP contribution in [0.2, 0.25) is 0 Å². The van der Waals surface area contributed by atoms with Crippen molar-refractivity contribution in [3.8, 4) is 56.4 Å². The van der Waals surface area contributed by atoms with Gasteiger partial charge in [-0.2, -0.15) is 0 Å². The summed E-state index contributed by atoms with van der Waals surface area (Å²) in [5.41, 5.74) is -1.00. The van der Waals surface area contributed by atoms with Gasteiger partial charge in [0.15, 0.2) is 17.5 Å². The van der Waals surface area contributed by atoms with Gasteiger partial charge < -0.3 is 4.42 Å². The molecule has 2 aromatic heterocycles. The fourth-order valence-electron chi connectivity index (χ4n) is 5.30. The van der Waals surface area contributed by atoms with Crippen molar-refractivity contribution >= 4 is 32.7 Å². The molecule has 4 heteroatoms. The Morgan fingerprint density at radius 1 is 0.447 bits per heavy atom. The Hall–Kier alpha value is -6.39. The first-order valence-corrected chi connectivity index (χ1v) is 14.2. The molecule has 9 rings (SSSR count). The van der Waals surface area contributed by atoms with E-state index < -0.39 is 125 Å². The first-order valence-electron chi connectivity index (χ1n) is 23.2. The molecule has 0 bridgehead atoms. The topological polar surface area (TPSA) is 51.8 Å². The summed E-state index contributed by atoms with van der Waals surface area (Å²) in [7, 11) is 0. The van der Waals surface area contributed by atoms with Crippen molar-refractivity contribution in [2.24, 2.45) is 0 Å². The zero-order chi connectivity index (χ0) is 46.8. The summed E-state index contributed by atoms with van der Waals surface area (Å²) in [5, 5.41) is -0.883. The summed E-state index contributed by atoms with van der Waals surface area (Å²) in [6.07, 6.45) is 0. The van der Waals surface area contributed by atoms with Crippen molar-refractivity contribution in [3.63, 3.8) is 0 Å². The van der Waals surface area contributed by atoms with E-state index in [-0.39, 0.29) is 67.1 Å². The lowest BCUT2D eigenvalue weighted by atomic mass is 9.97. The van der Waals surface area contributed by atoms with E-state index in [0.29, 0.717) is 5.56 Å². The zero-order valence-corrected chi connectivity index (χ0v) is 23.9. The molecule has 0 fully saturated rings. The van der Waals surface area contributed by atoms with Gasteiger partial charge in [-0.25, -0.2) is 15.0 Å². The molecule has 0 N–H and O–H groups in total. The average molecular weight is 620 g/mol. The molecule has 9 aromatic rings. The molecule has 47 heavy (non-hydrogen) atoms. The van der Waals surface area contributed by atoms with Crippen LogP contribution in [0.25, 0.3) is 89.1 Å². The van der Waals surface area contributed by atoms with Crippen molar-refractivity contribution in [1.82, 2.24) is 15.0 Å². The first kappa shape index (κ1) is 14.4. The third-order valence-electron chi connectivity index (χ3n) is 7.44. The van der Waals surface area contributed by atoms with E-state index in [9.17, 15) is 2.74 Å². The van der Waals surface area contributed by atoms with Crippen LogP contribution in [0.15, 0.2) is 168 Å². The minimum atomic E-state index is -0.759. The standard InChI is InChI=1S/C43H27N3O/c1-3-12-28(13-4-1)30-24-25-34-31(26-30)17-10-21-36(34)43-45-41(29-14-5-2-6-15-29)44-42(46-43)33-18-9-16-32(27-33)35-20-11-23-39-40(35)37-19-7-8-22-38(37)47-39/h1-27H/i1D,3D,4D,7D,8D,10D,11D,12D,13D,17D,19D,20D,21D,22D,23D,24D,25D,26D. The highest BCUT2D eigenvalue weighted by Gasteiger charge is 2.17. The van der Waals surface area contributed by atoms with Crippen LogP contribution in [-0.4, -0.2) is 15.0 Å². The van der Waals surface area contributed by atoms with Crippen molar-refractivity contribution in [1.29, 1.82) is 0 Å². The molecule has 0 aliphatic rings. The highest BCUT2D eigenvalue weighted by Crippen LogP contribution is 2.38. The normalized spacial score (nSPS) is 16.8. The van der Waals surface area contributed by atoms with Crippen LogP contribution >= 0.6 is 0 Å². The largest absolute Gasteiger partial charge is 0.456 e. The van der Waals surface area contributed by atoms with Gasteiger partial charge in [-0.1, -0.05) is 139 Å². The van der Waals surface area contributed by atoms with Gasteiger partial charge in [-0.05, 0) is 57.2 Å². The number of hydrogen-bond donors (Lipinski definition) is 0. The molecule has 0 aliphatic carbocycles. The van der Waals surface area contributed by atoms with Crippen LogP contribution in [0, 0.1) is 0 Å². The monoisotopic (exact) mass is 619 g/mol. The second kappa shape index (κ2) is 11.2. The minimum absolute atomic E-state index is 0.00332. The second-order valence-electron chi connectivity index (χ2n) is 10.3. The molecular weight excluding hydrogens is 574 g/mol. The molecule has 220 valence electrons. The Bertz CT molecular complexity index is 3570. The van der Waals surface area contributed by atoms with E-state index in [0.717, 1.165) is 0 Å². The van der Waals surface area contributed by atoms with Crippen molar-refractivity contribution in [2.75, 3.05) is 0 Å². The van der Waals surface area contributed by atoms with E-state index in [1.165, 1.54) is 6.07 Å². The Balaban J connectivity index is 1.34. The maximum Gasteiger partial charge on any atom is 0.164 e. The summed E-state index contributed by atoms with van der Waals surface area (Å²) in [5.74, 6) is -0.371. The number of para-hydroxylation sites is 1. The maximum absolute atomic E-state index is 9.27. The molecule has 0 unspecified atom stereocenters. The number of rotatable bonds is 5. The van der Waals surface area contributed by atoms with Gasteiger partial charge in [0.05, 0.1) is 24.7 Å². The lowest BCUT2D eigenvalue weighted by Gasteiger charge is -2.12. The van der Waals surface area contributed by atoms with Crippen LogP contribution in [-0.2, 0) is 0 Å². The number of benzene rings is 7. The highest BCUT2D eigenvalue weighted by atomic mass is 16.3. The first-order chi connectivity index (χ1) is 30.8. The van der Waals surface area contributed by atoms with Crippen molar-refractivity contribution < 1.29 is 29.1 Å². The minimum Gasteiger partial charge on any atom is -0.456 e. The van der Waals surface area contributed by atoms with Gasteiger partial charge >= 0.3 is 0 Å². The predicted molar refractivity (Wildman–Crippen MR) is 192 cm³/mol. The van der Waals surface area contributed by atoms with Crippen LogP contribution < -0.4 is 0 Å². The highest BCUT2D eigenvalue weighted by molar-refractivity contribution is 6.12. The summed E-state index contributed by atoms with van der Waals surface area (Å²) in [6, 6.07) is 3.22. The Morgan fingerprint density at radius 3 is 2.04 bits per heavy atom. The van der Waals surface area contributed by atoms with Crippen LogP contribution in [0.1, 0.15) is 24.7 Å². The molecule has 2 heterocycles. The number of nitrogens with zero attached hydrogens (tertiary/aromatic N) is 3. The molecule has 0 saturated heterocycles. The number of furan rings is 1. The summed E-state index contributed by atoms with van der Waals surface area (Å²) in [6.45, 7) is 0. The van der Waals surface area contributed by atoms with E-state index in [1.54, 1.807) is 48.5 Å². The van der Waals surface area contributed by atoms with Gasteiger partial charge in [-0.15, -0.1) is 0 Å². The SMILES string of the molecule is [2H]c1c([2H])c([2H])c(-c2c([2H])c([2H])c3c(-c4nc(-c5ccccc5)nc(-c5cccc(-c6c([2H])c([2H])c([2H])c7oc8c([2H])c([2H])c([2H])c([2H])c8c67)c5)n4)c([2H])c([2H])c([2H])c3c2[2H])c([2H])c1[2H]. The number of hydrogen-bond acceptors (Lipinski definition) is 4. The molecule has 0 spiro atoms. The van der Waals surface area contributed by atoms with Gasteiger partial charge in [0.1, 0.15) is 11.2 Å². The van der Waals surface area contributed by atoms with Crippen molar-refractivity contribution in [2.45, 2.75) is 0 Å². The van der Waals surface area contributed by atoms with Gasteiger partial charge in [-0.3, -0.25) is 0 Å². The molecule has 0 atom stereocenters. The fraction of sp³-hybridized carbons (Fsp3) is 0. The predicted octanol–water partition coefficient (Wildman–Crippen LogP) is 11.3. The second-order valence-corrected chi connectivity index (χ2v) is 10.3. The summed E-state index contributed by atoms with van der Waals surface area (Å²) >= 11 is 0. The van der Waals surface area contributed by atoms with Gasteiger partial charge in [0.25, 0.3) is 0 Å². The molecule has 0 amide bonds. The Kier molecular flexibility index (Phi) is 3.42. The molecule has 4 nitrogen and oxygen atoms in total. The molecular formula is C43H27N3O. The number of aromatic nitrogens is 3. The smallest absolute Gasteiger partial charge is 0.164 e. The van der Waals surface area contributed by atoms with Gasteiger partial charge in [0.2, 0.25) is 0 Å².